The maximum Gasteiger partial charge on any atom is 0.234 e. The summed E-state index contributed by atoms with van der Waals surface area (Å²) in [4.78, 5) is 12.5. The standard InChI is InChI=1S/C21H25N5OS/c1-5-14(2)17-10-6-7-11-18(17)22-20(27)13-28-21-23-24-25-26(21)19-12-8-9-15(3)16(19)4/h6-12,14H,5,13H2,1-4H3,(H,22,27)/t14-/m1/s1. The third-order valence-corrected chi connectivity index (χ3v) is 5.87. The van der Waals surface area contributed by atoms with Gasteiger partial charge in [0.05, 0.1) is 11.4 Å². The van der Waals surface area contributed by atoms with Gasteiger partial charge in [0.1, 0.15) is 0 Å². The van der Waals surface area contributed by atoms with Crippen molar-refractivity contribution in [3.8, 4) is 5.69 Å². The topological polar surface area (TPSA) is 72.7 Å². The van der Waals surface area contributed by atoms with Crippen LogP contribution in [0.25, 0.3) is 5.69 Å². The number of amides is 1. The average molecular weight is 396 g/mol. The minimum Gasteiger partial charge on any atom is -0.325 e. The smallest absolute Gasteiger partial charge is 0.234 e. The molecule has 0 spiro atoms. The first kappa shape index (κ1) is 20.1. The molecule has 1 heterocycles. The highest BCUT2D eigenvalue weighted by Gasteiger charge is 2.15. The molecule has 1 aromatic heterocycles. The molecule has 0 aliphatic carbocycles. The summed E-state index contributed by atoms with van der Waals surface area (Å²) in [6.45, 7) is 8.40. The van der Waals surface area contributed by atoms with E-state index in [0.29, 0.717) is 11.1 Å². The van der Waals surface area contributed by atoms with Gasteiger partial charge in [0, 0.05) is 5.69 Å². The van der Waals surface area contributed by atoms with Crippen molar-refractivity contribution in [2.75, 3.05) is 11.1 Å². The van der Waals surface area contributed by atoms with E-state index in [1.807, 2.05) is 37.3 Å². The number of rotatable bonds is 7. The van der Waals surface area contributed by atoms with E-state index in [0.717, 1.165) is 28.9 Å². The predicted octanol–water partition coefficient (Wildman–Crippen LogP) is 4.52. The van der Waals surface area contributed by atoms with Crippen molar-refractivity contribution in [3.63, 3.8) is 0 Å². The fraction of sp³-hybridized carbons (Fsp3) is 0.333. The maximum atomic E-state index is 12.5. The molecule has 146 valence electrons. The number of nitrogens with zero attached hydrogens (tertiary/aromatic N) is 4. The third kappa shape index (κ3) is 4.42. The molecule has 1 atom stereocenters. The Hall–Kier alpha value is -2.67. The van der Waals surface area contributed by atoms with Gasteiger partial charge in [0.15, 0.2) is 0 Å². The largest absolute Gasteiger partial charge is 0.325 e. The molecular formula is C21H25N5OS. The van der Waals surface area contributed by atoms with Crippen LogP contribution < -0.4 is 5.32 Å². The number of tetrazole rings is 1. The average Bonchev–Trinajstić information content (AvgIpc) is 3.16. The lowest BCUT2D eigenvalue weighted by molar-refractivity contribution is -0.113. The zero-order valence-electron chi connectivity index (χ0n) is 16.6. The van der Waals surface area contributed by atoms with Gasteiger partial charge in [-0.1, -0.05) is 55.9 Å². The molecular weight excluding hydrogens is 370 g/mol. The highest BCUT2D eigenvalue weighted by molar-refractivity contribution is 7.99. The molecule has 0 unspecified atom stereocenters. The number of thioether (sulfide) groups is 1. The third-order valence-electron chi connectivity index (χ3n) is 4.96. The van der Waals surface area contributed by atoms with E-state index < -0.39 is 0 Å². The van der Waals surface area contributed by atoms with Crippen LogP contribution in [-0.4, -0.2) is 31.9 Å². The summed E-state index contributed by atoms with van der Waals surface area (Å²) in [5.74, 6) is 0.553. The van der Waals surface area contributed by atoms with Crippen LogP contribution in [0.5, 0.6) is 0 Å². The van der Waals surface area contributed by atoms with E-state index in [1.54, 1.807) is 4.68 Å². The van der Waals surface area contributed by atoms with Crippen LogP contribution in [0, 0.1) is 13.8 Å². The summed E-state index contributed by atoms with van der Waals surface area (Å²) in [5.41, 5.74) is 5.24. The minimum absolute atomic E-state index is 0.0729. The van der Waals surface area contributed by atoms with Gasteiger partial charge in [-0.3, -0.25) is 4.79 Å². The normalized spacial score (nSPS) is 12.0. The van der Waals surface area contributed by atoms with Crippen molar-refractivity contribution >= 4 is 23.4 Å². The van der Waals surface area contributed by atoms with Crippen LogP contribution in [0.15, 0.2) is 47.6 Å². The molecule has 3 rings (SSSR count). The van der Waals surface area contributed by atoms with Crippen LogP contribution in [0.3, 0.4) is 0 Å². The first-order chi connectivity index (χ1) is 13.5. The second-order valence-corrected chi connectivity index (χ2v) is 7.77. The van der Waals surface area contributed by atoms with Crippen LogP contribution in [-0.2, 0) is 4.79 Å². The Morgan fingerprint density at radius 2 is 1.96 bits per heavy atom. The van der Waals surface area contributed by atoms with Gasteiger partial charge < -0.3 is 5.32 Å². The second kappa shape index (κ2) is 9.01. The zero-order chi connectivity index (χ0) is 20.1. The monoisotopic (exact) mass is 395 g/mol. The van der Waals surface area contributed by atoms with Gasteiger partial charge >= 0.3 is 0 Å². The van der Waals surface area contributed by atoms with Gasteiger partial charge in [-0.05, 0) is 65.4 Å². The van der Waals surface area contributed by atoms with E-state index >= 15 is 0 Å². The van der Waals surface area contributed by atoms with E-state index in [-0.39, 0.29) is 11.7 Å². The first-order valence-corrected chi connectivity index (χ1v) is 10.4. The Balaban J connectivity index is 1.70. The molecule has 0 aliphatic rings. The Labute approximate surface area is 169 Å². The van der Waals surface area contributed by atoms with Gasteiger partial charge in [0.2, 0.25) is 11.1 Å². The van der Waals surface area contributed by atoms with Crippen LogP contribution >= 0.6 is 11.8 Å². The van der Waals surface area contributed by atoms with E-state index in [2.05, 4.69) is 53.7 Å². The SMILES string of the molecule is CC[C@@H](C)c1ccccc1NC(=O)CSc1nnnn1-c1cccc(C)c1C. The van der Waals surface area contributed by atoms with E-state index in [1.165, 1.54) is 17.3 Å². The quantitative estimate of drug-likeness (QED) is 0.595. The lowest BCUT2D eigenvalue weighted by Crippen LogP contribution is -2.16. The molecule has 0 saturated carbocycles. The molecule has 0 aliphatic heterocycles. The van der Waals surface area contributed by atoms with Gasteiger partial charge in [-0.2, -0.15) is 4.68 Å². The van der Waals surface area contributed by atoms with E-state index in [9.17, 15) is 4.79 Å². The van der Waals surface area contributed by atoms with Crippen molar-refractivity contribution in [2.45, 2.75) is 45.2 Å². The molecule has 2 aromatic carbocycles. The molecule has 3 aromatic rings. The lowest BCUT2D eigenvalue weighted by atomic mass is 9.97. The lowest BCUT2D eigenvalue weighted by Gasteiger charge is -2.15. The Morgan fingerprint density at radius 1 is 1.18 bits per heavy atom. The Morgan fingerprint density at radius 3 is 2.75 bits per heavy atom. The van der Waals surface area contributed by atoms with E-state index in [4.69, 9.17) is 0 Å². The minimum atomic E-state index is -0.0729. The number of para-hydroxylation sites is 1. The molecule has 0 radical (unpaired) electrons. The number of carbonyl (C=O) groups excluding carboxylic acids is 1. The highest BCUT2D eigenvalue weighted by Crippen LogP contribution is 2.27. The maximum absolute atomic E-state index is 12.5. The summed E-state index contributed by atoms with van der Waals surface area (Å²) < 4.78 is 1.69. The number of aryl methyl sites for hydroxylation is 1. The number of anilines is 1. The van der Waals surface area contributed by atoms with Crippen molar-refractivity contribution in [3.05, 3.63) is 59.2 Å². The number of hydrogen-bond acceptors (Lipinski definition) is 5. The summed E-state index contributed by atoms with van der Waals surface area (Å²) in [7, 11) is 0. The van der Waals surface area contributed by atoms with Crippen molar-refractivity contribution < 1.29 is 4.79 Å². The fourth-order valence-corrected chi connectivity index (χ4v) is 3.65. The van der Waals surface area contributed by atoms with Gasteiger partial charge in [-0.15, -0.1) is 5.10 Å². The fourth-order valence-electron chi connectivity index (χ4n) is 2.96. The zero-order valence-corrected chi connectivity index (χ0v) is 17.5. The number of nitrogens with one attached hydrogen (secondary N) is 1. The molecule has 1 amide bonds. The number of hydrogen-bond donors (Lipinski definition) is 1. The van der Waals surface area contributed by atoms with Crippen LogP contribution in [0.4, 0.5) is 5.69 Å². The molecule has 0 fully saturated rings. The van der Waals surface area contributed by atoms with Crippen molar-refractivity contribution in [2.24, 2.45) is 0 Å². The number of aromatic nitrogens is 4. The first-order valence-electron chi connectivity index (χ1n) is 9.37. The molecule has 6 nitrogen and oxygen atoms in total. The number of benzene rings is 2. The summed E-state index contributed by atoms with van der Waals surface area (Å²) >= 11 is 1.33. The van der Waals surface area contributed by atoms with Crippen molar-refractivity contribution in [1.82, 2.24) is 20.2 Å². The molecule has 28 heavy (non-hydrogen) atoms. The van der Waals surface area contributed by atoms with Crippen LogP contribution in [0.1, 0.15) is 42.9 Å². The predicted molar refractivity (Wildman–Crippen MR) is 113 cm³/mol. The molecule has 0 saturated heterocycles. The second-order valence-electron chi connectivity index (χ2n) is 6.83. The molecule has 7 heteroatoms. The summed E-state index contributed by atoms with van der Waals surface area (Å²) in [5, 5.41) is 15.6. The van der Waals surface area contributed by atoms with Gasteiger partial charge in [-0.25, -0.2) is 0 Å². The number of carbonyl (C=O) groups is 1. The molecule has 1 N–H and O–H groups in total. The Bertz CT molecular complexity index is 969. The summed E-state index contributed by atoms with van der Waals surface area (Å²) in [6.07, 6.45) is 1.02. The summed E-state index contributed by atoms with van der Waals surface area (Å²) in [6, 6.07) is 14.0. The highest BCUT2D eigenvalue weighted by atomic mass is 32.2. The van der Waals surface area contributed by atoms with Crippen LogP contribution in [0.2, 0.25) is 0 Å². The molecule has 0 bridgehead atoms. The Kier molecular flexibility index (Phi) is 6.46. The van der Waals surface area contributed by atoms with Gasteiger partial charge in [0.25, 0.3) is 0 Å². The van der Waals surface area contributed by atoms with Crippen molar-refractivity contribution in [1.29, 1.82) is 0 Å².